The molecule has 0 spiro atoms. The molecular formula is C32H45NO2Si. The molecule has 0 saturated carbocycles. The minimum absolute atomic E-state index is 0.0944. The second kappa shape index (κ2) is 11.1. The fourth-order valence-electron chi connectivity index (χ4n) is 7.24. The van der Waals surface area contributed by atoms with Crippen LogP contribution >= 0.6 is 0 Å². The lowest BCUT2D eigenvalue weighted by molar-refractivity contribution is 0.0701. The van der Waals surface area contributed by atoms with Gasteiger partial charge in [-0.25, -0.2) is 0 Å². The van der Waals surface area contributed by atoms with Crippen molar-refractivity contribution in [1.82, 2.24) is 4.90 Å². The van der Waals surface area contributed by atoms with Crippen LogP contribution in [0.2, 0.25) is 16.6 Å². The van der Waals surface area contributed by atoms with Crippen molar-refractivity contribution in [3.63, 3.8) is 0 Å². The van der Waals surface area contributed by atoms with E-state index in [-0.39, 0.29) is 11.8 Å². The number of benzene rings is 2. The predicted octanol–water partition coefficient (Wildman–Crippen LogP) is 8.52. The maximum absolute atomic E-state index is 13.6. The molecule has 2 heterocycles. The largest absolute Gasteiger partial charge is 0.543 e. The summed E-state index contributed by atoms with van der Waals surface area (Å²) in [5, 5.41) is 0. The van der Waals surface area contributed by atoms with Gasteiger partial charge in [-0.1, -0.05) is 83.5 Å². The van der Waals surface area contributed by atoms with Gasteiger partial charge < -0.3 is 4.43 Å². The van der Waals surface area contributed by atoms with Gasteiger partial charge in [0.1, 0.15) is 5.75 Å². The van der Waals surface area contributed by atoms with Crippen molar-refractivity contribution in [1.29, 1.82) is 0 Å². The summed E-state index contributed by atoms with van der Waals surface area (Å²) in [6.07, 6.45) is 6.88. The minimum Gasteiger partial charge on any atom is -0.543 e. The summed E-state index contributed by atoms with van der Waals surface area (Å²) in [5.74, 6) is 1.14. The molecule has 2 fully saturated rings. The molecule has 4 heteroatoms. The molecular weight excluding hydrogens is 458 g/mol. The third-order valence-electron chi connectivity index (χ3n) is 8.81. The number of carbonyl (C=O) groups excluding carboxylic acids is 1. The van der Waals surface area contributed by atoms with Crippen molar-refractivity contribution in [3.05, 3.63) is 71.3 Å². The minimum atomic E-state index is -2.00. The molecule has 36 heavy (non-hydrogen) atoms. The fourth-order valence-corrected chi connectivity index (χ4v) is 12.5. The van der Waals surface area contributed by atoms with Crippen LogP contribution in [0.15, 0.2) is 60.2 Å². The Bertz CT molecular complexity index is 1020. The first-order valence-electron chi connectivity index (χ1n) is 14.0. The van der Waals surface area contributed by atoms with Gasteiger partial charge in [0.25, 0.3) is 8.32 Å². The molecule has 3 atom stereocenters. The third kappa shape index (κ3) is 5.26. The van der Waals surface area contributed by atoms with Crippen molar-refractivity contribution in [2.75, 3.05) is 0 Å². The average Bonchev–Trinajstić information content (AvgIpc) is 3.12. The summed E-state index contributed by atoms with van der Waals surface area (Å²) in [6.45, 7) is 15.9. The third-order valence-corrected chi connectivity index (χ3v) is 14.8. The first-order valence-corrected chi connectivity index (χ1v) is 16.1. The number of hydrogen-bond donors (Lipinski definition) is 0. The maximum Gasteiger partial charge on any atom is 0.258 e. The Morgan fingerprint density at radius 1 is 0.833 bits per heavy atom. The lowest BCUT2D eigenvalue weighted by Crippen LogP contribution is -2.50. The molecule has 0 aromatic heterocycles. The van der Waals surface area contributed by atoms with Gasteiger partial charge in [-0.15, -0.1) is 0 Å². The van der Waals surface area contributed by atoms with E-state index in [9.17, 15) is 4.79 Å². The van der Waals surface area contributed by atoms with E-state index in [0.717, 1.165) is 24.2 Å². The van der Waals surface area contributed by atoms with Crippen LogP contribution in [-0.2, 0) is 0 Å². The predicted molar refractivity (Wildman–Crippen MR) is 154 cm³/mol. The van der Waals surface area contributed by atoms with Crippen molar-refractivity contribution in [2.45, 2.75) is 109 Å². The molecule has 0 N–H and O–H groups in total. The van der Waals surface area contributed by atoms with Gasteiger partial charge in [0.2, 0.25) is 0 Å². The van der Waals surface area contributed by atoms with Crippen LogP contribution in [0.25, 0.3) is 6.08 Å². The molecule has 0 radical (unpaired) electrons. The van der Waals surface area contributed by atoms with Gasteiger partial charge in [-0.2, -0.15) is 0 Å². The molecule has 194 valence electrons. The molecule has 3 nitrogen and oxygen atoms in total. The lowest BCUT2D eigenvalue weighted by atomic mass is 9.92. The van der Waals surface area contributed by atoms with E-state index in [1.165, 1.54) is 24.0 Å². The second-order valence-corrected chi connectivity index (χ2v) is 17.3. The summed E-state index contributed by atoms with van der Waals surface area (Å²) in [7, 11) is -2.00. The Kier molecular flexibility index (Phi) is 8.26. The van der Waals surface area contributed by atoms with Crippen molar-refractivity contribution >= 4 is 20.2 Å². The highest BCUT2D eigenvalue weighted by atomic mass is 28.4. The number of fused-ring (bicyclic) bond motifs is 2. The van der Waals surface area contributed by atoms with Gasteiger partial charge in [0.15, 0.2) is 5.78 Å². The van der Waals surface area contributed by atoms with Crippen LogP contribution in [-0.4, -0.2) is 37.1 Å². The molecule has 2 aliphatic rings. The highest BCUT2D eigenvalue weighted by Crippen LogP contribution is 2.43. The topological polar surface area (TPSA) is 29.5 Å². The second-order valence-electron chi connectivity index (χ2n) is 11.9. The normalized spacial score (nSPS) is 21.3. The van der Waals surface area contributed by atoms with E-state index in [4.69, 9.17) is 4.43 Å². The Hall–Kier alpha value is -2.17. The molecule has 0 aliphatic carbocycles. The lowest BCUT2D eigenvalue weighted by Gasteiger charge is -2.42. The van der Waals surface area contributed by atoms with E-state index in [2.05, 4.69) is 89.8 Å². The van der Waals surface area contributed by atoms with Crippen LogP contribution < -0.4 is 4.43 Å². The first kappa shape index (κ1) is 26.9. The van der Waals surface area contributed by atoms with Crippen LogP contribution in [0.5, 0.6) is 5.75 Å². The van der Waals surface area contributed by atoms with E-state index in [1.807, 2.05) is 24.3 Å². The summed E-state index contributed by atoms with van der Waals surface area (Å²) < 4.78 is 6.81. The summed E-state index contributed by atoms with van der Waals surface area (Å²) >= 11 is 0. The smallest absolute Gasteiger partial charge is 0.258 e. The molecule has 2 saturated heterocycles. The van der Waals surface area contributed by atoms with Gasteiger partial charge in [0, 0.05) is 17.6 Å². The quantitative estimate of drug-likeness (QED) is 0.254. The van der Waals surface area contributed by atoms with Crippen molar-refractivity contribution in [3.8, 4) is 5.75 Å². The summed E-state index contributed by atoms with van der Waals surface area (Å²) in [4.78, 5) is 16.1. The highest BCUT2D eigenvalue weighted by molar-refractivity contribution is 6.78. The Morgan fingerprint density at radius 3 is 1.86 bits per heavy atom. The standard InChI is InChI=1S/C32H45NO2Si/c1-22(2)36(23(3)4,24(5)6)35-31-17-13-28(14-18-31)32(34)25(7)33-29-15-16-30(33)21-27(20-29)19-26-11-9-8-10-12-26/h8-14,17-19,22-25,29-30H,15-16,20-21H2,1-7H3. The number of hydrogen-bond acceptors (Lipinski definition) is 3. The number of Topliss-reactive ketones (excluding diaryl/α,β-unsaturated/α-hetero) is 1. The molecule has 3 unspecified atom stereocenters. The van der Waals surface area contributed by atoms with E-state index in [1.54, 1.807) is 0 Å². The fraction of sp³-hybridized carbons (Fsp3) is 0.531. The average molecular weight is 504 g/mol. The first-order chi connectivity index (χ1) is 17.1. The molecule has 4 rings (SSSR count). The number of carbonyl (C=O) groups is 1. The van der Waals surface area contributed by atoms with Crippen LogP contribution in [0.4, 0.5) is 0 Å². The summed E-state index contributed by atoms with van der Waals surface area (Å²) in [5.41, 5.74) is 5.17. The van der Waals surface area contributed by atoms with Gasteiger partial charge >= 0.3 is 0 Å². The highest BCUT2D eigenvalue weighted by Gasteiger charge is 2.47. The van der Waals surface area contributed by atoms with Crippen molar-refractivity contribution < 1.29 is 9.22 Å². The molecule has 0 amide bonds. The zero-order chi connectivity index (χ0) is 26.0. The zero-order valence-electron chi connectivity index (χ0n) is 23.3. The SMILES string of the molecule is CC(C(=O)c1ccc(O[Si](C(C)C)(C(C)C)C(C)C)cc1)N1C2CCC1CC(=Cc1ccccc1)C2. The number of nitrogens with zero attached hydrogens (tertiary/aromatic N) is 1. The van der Waals surface area contributed by atoms with Crippen LogP contribution in [0, 0.1) is 0 Å². The van der Waals surface area contributed by atoms with Gasteiger partial charge in [-0.3, -0.25) is 9.69 Å². The van der Waals surface area contributed by atoms with Gasteiger partial charge in [-0.05, 0) is 79.1 Å². The monoisotopic (exact) mass is 503 g/mol. The Balaban J connectivity index is 1.45. The van der Waals surface area contributed by atoms with E-state index in [0.29, 0.717) is 28.7 Å². The summed E-state index contributed by atoms with van der Waals surface area (Å²) in [6, 6.07) is 19.5. The molecule has 2 aliphatic heterocycles. The van der Waals surface area contributed by atoms with Crippen LogP contribution in [0.3, 0.4) is 0 Å². The Labute approximate surface area is 220 Å². The number of rotatable bonds is 9. The van der Waals surface area contributed by atoms with Crippen molar-refractivity contribution in [2.24, 2.45) is 0 Å². The number of piperidine rings is 1. The molecule has 2 bridgehead atoms. The van der Waals surface area contributed by atoms with E-state index < -0.39 is 8.32 Å². The Morgan fingerprint density at radius 2 is 1.36 bits per heavy atom. The molecule has 2 aromatic rings. The maximum atomic E-state index is 13.6. The van der Waals surface area contributed by atoms with Crippen LogP contribution in [0.1, 0.15) is 90.1 Å². The van der Waals surface area contributed by atoms with Gasteiger partial charge in [0.05, 0.1) is 6.04 Å². The zero-order valence-corrected chi connectivity index (χ0v) is 24.3. The number of ketones is 1. The van der Waals surface area contributed by atoms with E-state index >= 15 is 0 Å². The molecule has 2 aromatic carbocycles.